The first-order valence-corrected chi connectivity index (χ1v) is 22.0. The van der Waals surface area contributed by atoms with Crippen LogP contribution in [-0.2, 0) is 17.6 Å². The largest absolute Gasteiger partial charge is 0.477 e. The summed E-state index contributed by atoms with van der Waals surface area (Å²) >= 11 is 3.22. The Morgan fingerprint density at radius 3 is 1.64 bits per heavy atom. The highest BCUT2D eigenvalue weighted by molar-refractivity contribution is 7.19. The third-order valence-electron chi connectivity index (χ3n) is 10.4. The number of aliphatic carboxylic acids is 1. The summed E-state index contributed by atoms with van der Waals surface area (Å²) in [7, 11) is 0. The number of rotatable bonds is 18. The van der Waals surface area contributed by atoms with Gasteiger partial charge in [-0.25, -0.2) is 14.8 Å². The number of carboxylic acid groups (broad SMARTS) is 1. The van der Waals surface area contributed by atoms with Gasteiger partial charge in [-0.1, -0.05) is 113 Å². The van der Waals surface area contributed by atoms with Crippen molar-refractivity contribution in [3.8, 4) is 37.4 Å². The fourth-order valence-electron chi connectivity index (χ4n) is 7.31. The van der Waals surface area contributed by atoms with Gasteiger partial charge in [0, 0.05) is 47.7 Å². The number of fused-ring (bicyclic) bond motifs is 1. The number of benzene rings is 4. The molecule has 0 spiro atoms. The second-order valence-corrected chi connectivity index (χ2v) is 16.7. The molecule has 0 aliphatic carbocycles. The first-order valence-electron chi connectivity index (χ1n) is 20.4. The van der Waals surface area contributed by atoms with E-state index < -0.39 is 5.97 Å². The number of hydrogen-bond acceptors (Lipinski definition) is 7. The van der Waals surface area contributed by atoms with E-state index in [0.29, 0.717) is 4.88 Å². The molecular formula is C50H48N4O2S2. The molecule has 0 saturated carbocycles. The number of anilines is 3. The van der Waals surface area contributed by atoms with Gasteiger partial charge in [-0.3, -0.25) is 0 Å². The molecule has 0 aliphatic rings. The van der Waals surface area contributed by atoms with E-state index >= 15 is 0 Å². The number of aromatic nitrogens is 2. The topological polar surface area (TPSA) is 90.1 Å². The Balaban J connectivity index is 1.28. The van der Waals surface area contributed by atoms with Crippen molar-refractivity contribution >= 4 is 62.8 Å². The van der Waals surface area contributed by atoms with Gasteiger partial charge in [0.15, 0.2) is 0 Å². The van der Waals surface area contributed by atoms with Crippen molar-refractivity contribution in [3.63, 3.8) is 0 Å². The number of unbranched alkanes of at least 4 members (excludes halogenated alkanes) is 6. The van der Waals surface area contributed by atoms with E-state index in [1.165, 1.54) is 60.8 Å². The summed E-state index contributed by atoms with van der Waals surface area (Å²) in [6.07, 6.45) is 12.5. The van der Waals surface area contributed by atoms with E-state index in [4.69, 9.17) is 9.97 Å². The zero-order chi connectivity index (χ0) is 40.3. The van der Waals surface area contributed by atoms with Crippen molar-refractivity contribution in [2.24, 2.45) is 0 Å². The lowest BCUT2D eigenvalue weighted by atomic mass is 10.0. The molecule has 0 bridgehead atoms. The van der Waals surface area contributed by atoms with E-state index in [0.717, 1.165) is 91.6 Å². The fraction of sp³-hybridized carbons (Fsp3) is 0.240. The highest BCUT2D eigenvalue weighted by Crippen LogP contribution is 2.42. The zero-order valence-electron chi connectivity index (χ0n) is 33.2. The molecular weight excluding hydrogens is 753 g/mol. The van der Waals surface area contributed by atoms with Crippen LogP contribution in [0, 0.1) is 11.3 Å². The van der Waals surface area contributed by atoms with Crippen LogP contribution >= 0.6 is 22.7 Å². The van der Waals surface area contributed by atoms with Gasteiger partial charge in [0.05, 0.1) is 22.4 Å². The molecule has 0 unspecified atom stereocenters. The smallest absolute Gasteiger partial charge is 0.346 e. The molecule has 0 aliphatic heterocycles. The SMILES string of the molecule is CCCCCCc1nc2c(-c3ccc(/C=C(\C#N)C(=O)O)s3)ccc(-c3ccc(-c4ccc(N(c5ccccc5)c5ccccc5)cc4)s3)c2nc1CCCCCC. The maximum Gasteiger partial charge on any atom is 0.346 e. The quantitative estimate of drug-likeness (QED) is 0.0528. The van der Waals surface area contributed by atoms with E-state index in [2.05, 4.69) is 116 Å². The second-order valence-electron chi connectivity index (χ2n) is 14.5. The Morgan fingerprint density at radius 2 is 1.12 bits per heavy atom. The standard InChI is InChI=1S/C50H48N4O2S2/c1-3-5-7-15-21-43-44(22-16-8-6-4-2)53-49-42(29-28-41(48(49)52-43)46-30-27-40(57-46)33-36(34-51)50(55)56)47-32-31-45(58-47)35-23-25-39(26-24-35)54(37-17-11-9-12-18-37)38-19-13-10-14-20-38/h9-14,17-20,23-33H,3-8,15-16,21-22H2,1-2H3,(H,55,56)/b36-33+. The highest BCUT2D eigenvalue weighted by Gasteiger charge is 2.20. The van der Waals surface area contributed by atoms with Gasteiger partial charge >= 0.3 is 5.97 Å². The Hall–Kier alpha value is -5.88. The molecule has 0 fully saturated rings. The number of carboxylic acids is 1. The van der Waals surface area contributed by atoms with E-state index in [1.54, 1.807) is 17.4 Å². The lowest BCUT2D eigenvalue weighted by Crippen LogP contribution is -2.09. The van der Waals surface area contributed by atoms with Gasteiger partial charge < -0.3 is 10.0 Å². The fourth-order valence-corrected chi connectivity index (χ4v) is 9.33. The summed E-state index contributed by atoms with van der Waals surface area (Å²) in [4.78, 5) is 28.8. The minimum absolute atomic E-state index is 0.289. The van der Waals surface area contributed by atoms with Gasteiger partial charge in [-0.05, 0) is 98.0 Å². The molecule has 3 aromatic heterocycles. The molecule has 58 heavy (non-hydrogen) atoms. The van der Waals surface area contributed by atoms with Crippen molar-refractivity contribution in [3.05, 3.63) is 143 Å². The van der Waals surface area contributed by atoms with Crippen LogP contribution in [0.25, 0.3) is 48.4 Å². The van der Waals surface area contributed by atoms with Crippen molar-refractivity contribution in [1.82, 2.24) is 9.97 Å². The van der Waals surface area contributed by atoms with E-state index in [9.17, 15) is 15.2 Å². The van der Waals surface area contributed by atoms with Crippen LogP contribution in [0.3, 0.4) is 0 Å². The minimum atomic E-state index is -1.23. The van der Waals surface area contributed by atoms with Gasteiger partial charge in [0.1, 0.15) is 11.6 Å². The lowest BCUT2D eigenvalue weighted by molar-refractivity contribution is -0.132. The summed E-state index contributed by atoms with van der Waals surface area (Å²) < 4.78 is 0. The van der Waals surface area contributed by atoms with Crippen LogP contribution in [0.15, 0.2) is 127 Å². The molecule has 0 amide bonds. The number of nitrogens with zero attached hydrogens (tertiary/aromatic N) is 4. The first-order chi connectivity index (χ1) is 28.5. The minimum Gasteiger partial charge on any atom is -0.477 e. The van der Waals surface area contributed by atoms with Crippen molar-refractivity contribution in [2.45, 2.75) is 78.1 Å². The van der Waals surface area contributed by atoms with Gasteiger partial charge in [0.2, 0.25) is 0 Å². The normalized spacial score (nSPS) is 11.5. The lowest BCUT2D eigenvalue weighted by Gasteiger charge is -2.25. The average molecular weight is 801 g/mol. The molecule has 8 heteroatoms. The van der Waals surface area contributed by atoms with E-state index in [1.807, 2.05) is 24.3 Å². The summed E-state index contributed by atoms with van der Waals surface area (Å²) in [6, 6.07) is 44.1. The van der Waals surface area contributed by atoms with Gasteiger partial charge in [-0.2, -0.15) is 5.26 Å². The molecule has 7 rings (SSSR count). The first kappa shape index (κ1) is 40.3. The Morgan fingerprint density at radius 1 is 0.621 bits per heavy atom. The van der Waals surface area contributed by atoms with Crippen molar-refractivity contribution < 1.29 is 9.90 Å². The van der Waals surface area contributed by atoms with Crippen LogP contribution in [0.5, 0.6) is 0 Å². The number of hydrogen-bond donors (Lipinski definition) is 1. The van der Waals surface area contributed by atoms with Crippen LogP contribution < -0.4 is 4.90 Å². The van der Waals surface area contributed by atoms with Gasteiger partial charge in [-0.15, -0.1) is 22.7 Å². The summed E-state index contributed by atoms with van der Waals surface area (Å²) in [6.45, 7) is 4.48. The molecule has 7 aromatic rings. The molecule has 3 heterocycles. The molecule has 4 aromatic carbocycles. The number of thiophene rings is 2. The van der Waals surface area contributed by atoms with Crippen molar-refractivity contribution in [1.29, 1.82) is 5.26 Å². The van der Waals surface area contributed by atoms with E-state index in [-0.39, 0.29) is 5.57 Å². The third kappa shape index (κ3) is 9.45. The monoisotopic (exact) mass is 800 g/mol. The Labute approximate surface area is 349 Å². The van der Waals surface area contributed by atoms with Gasteiger partial charge in [0.25, 0.3) is 0 Å². The summed E-state index contributed by atoms with van der Waals surface area (Å²) in [5.74, 6) is -1.23. The van der Waals surface area contributed by atoms with Crippen molar-refractivity contribution in [2.75, 3.05) is 4.90 Å². The molecule has 1 N–H and O–H groups in total. The molecule has 0 atom stereocenters. The predicted molar refractivity (Wildman–Crippen MR) is 243 cm³/mol. The zero-order valence-corrected chi connectivity index (χ0v) is 34.8. The average Bonchev–Trinajstić information content (AvgIpc) is 3.94. The Kier molecular flexibility index (Phi) is 13.6. The summed E-state index contributed by atoms with van der Waals surface area (Å²) in [5, 5.41) is 18.9. The third-order valence-corrected chi connectivity index (χ3v) is 12.6. The Bertz CT molecular complexity index is 2490. The maximum atomic E-state index is 11.6. The summed E-state index contributed by atoms with van der Waals surface area (Å²) in [5.41, 5.74) is 10.1. The van der Waals surface area contributed by atoms with Crippen LogP contribution in [0.2, 0.25) is 0 Å². The molecule has 0 saturated heterocycles. The number of carbonyl (C=O) groups is 1. The highest BCUT2D eigenvalue weighted by atomic mass is 32.1. The second kappa shape index (κ2) is 19.5. The molecule has 0 radical (unpaired) electrons. The van der Waals surface area contributed by atoms with Crippen LogP contribution in [-0.4, -0.2) is 21.0 Å². The number of para-hydroxylation sites is 2. The maximum absolute atomic E-state index is 11.6. The molecule has 6 nitrogen and oxygen atoms in total. The number of nitriles is 1. The molecule has 292 valence electrons. The van der Waals surface area contributed by atoms with Crippen LogP contribution in [0.4, 0.5) is 17.1 Å². The van der Waals surface area contributed by atoms with Crippen LogP contribution in [0.1, 0.15) is 81.5 Å². The number of aryl methyl sites for hydroxylation is 2. The predicted octanol–water partition coefficient (Wildman–Crippen LogP) is 14.5.